The SMILES string of the molecule is Cc1cc(C(=O)N2CCC(C)(O)CC2)cc(C)c1C=CS(=O)(=O)N1CCC2(CC1)N=C(c1cccc(CC#N)c1)NC2=O. The van der Waals surface area contributed by atoms with E-state index in [0.29, 0.717) is 37.3 Å². The highest BCUT2D eigenvalue weighted by Gasteiger charge is 2.47. The molecule has 10 nitrogen and oxygen atoms in total. The number of carbonyl (C=O) groups excluding carboxylic acids is 2. The minimum atomic E-state index is -3.77. The number of likely N-dealkylation sites (tertiary alicyclic amines) is 1. The zero-order chi connectivity index (χ0) is 31.0. The van der Waals surface area contributed by atoms with Crippen molar-refractivity contribution in [2.24, 2.45) is 4.99 Å². The molecule has 2 N–H and O–H groups in total. The van der Waals surface area contributed by atoms with Gasteiger partial charge in [0, 0.05) is 42.7 Å². The second-order valence-corrected chi connectivity index (χ2v) is 13.9. The van der Waals surface area contributed by atoms with Crippen LogP contribution < -0.4 is 5.32 Å². The number of aliphatic imine (C=N–C) groups is 1. The van der Waals surface area contributed by atoms with Crippen molar-refractivity contribution >= 4 is 33.7 Å². The van der Waals surface area contributed by atoms with Crippen LogP contribution in [0.5, 0.6) is 0 Å². The van der Waals surface area contributed by atoms with Gasteiger partial charge in [-0.2, -0.15) is 9.57 Å². The lowest BCUT2D eigenvalue weighted by Crippen LogP contribution is -2.50. The van der Waals surface area contributed by atoms with E-state index in [2.05, 4.69) is 11.4 Å². The third kappa shape index (κ3) is 6.42. The number of amides is 2. The highest BCUT2D eigenvalue weighted by atomic mass is 32.2. The predicted octanol–water partition coefficient (Wildman–Crippen LogP) is 3.07. The molecular formula is C32H37N5O5S. The van der Waals surface area contributed by atoms with E-state index in [-0.39, 0.29) is 44.2 Å². The van der Waals surface area contributed by atoms with E-state index in [1.54, 1.807) is 30.0 Å². The average molecular weight is 604 g/mol. The molecule has 0 atom stereocenters. The summed E-state index contributed by atoms with van der Waals surface area (Å²) in [4.78, 5) is 32.6. The van der Waals surface area contributed by atoms with Gasteiger partial charge in [0.25, 0.3) is 11.8 Å². The maximum atomic E-state index is 13.3. The lowest BCUT2D eigenvalue weighted by molar-refractivity contribution is -0.124. The zero-order valence-electron chi connectivity index (χ0n) is 24.8. The Kier molecular flexibility index (Phi) is 8.31. The number of aliphatic hydroxyl groups is 1. The molecule has 2 aromatic rings. The number of nitriles is 1. The molecule has 2 amide bonds. The minimum Gasteiger partial charge on any atom is -0.390 e. The number of rotatable bonds is 6. The van der Waals surface area contributed by atoms with Crippen LogP contribution in [-0.2, 0) is 21.2 Å². The molecule has 2 saturated heterocycles. The molecule has 226 valence electrons. The molecular weight excluding hydrogens is 566 g/mol. The molecule has 5 rings (SSSR count). The van der Waals surface area contributed by atoms with E-state index in [0.717, 1.165) is 27.8 Å². The van der Waals surface area contributed by atoms with E-state index in [1.165, 1.54) is 9.71 Å². The maximum absolute atomic E-state index is 13.3. The molecule has 3 heterocycles. The molecule has 0 aliphatic carbocycles. The Balaban J connectivity index is 1.26. The van der Waals surface area contributed by atoms with Crippen LogP contribution in [-0.4, -0.2) is 77.7 Å². The van der Waals surface area contributed by atoms with Crippen molar-refractivity contribution in [1.82, 2.24) is 14.5 Å². The summed E-state index contributed by atoms with van der Waals surface area (Å²) in [5.41, 5.74) is 2.65. The number of sulfonamides is 1. The normalized spacial score (nSPS) is 20.2. The van der Waals surface area contributed by atoms with E-state index in [1.807, 2.05) is 38.1 Å². The van der Waals surface area contributed by atoms with Gasteiger partial charge in [-0.1, -0.05) is 18.2 Å². The Morgan fingerprint density at radius 2 is 1.74 bits per heavy atom. The molecule has 0 bridgehead atoms. The standard InChI is InChI=1S/C32H37N5O5S/c1-22-19-26(29(38)36-14-9-31(3,40)10-15-36)20-23(2)27(22)8-18-43(41,42)37-16-11-32(12-17-37)30(39)34-28(35-32)25-6-4-5-24(21-25)7-13-33/h4-6,8,18-21,40H,7,9-12,14-17H2,1-3H3,(H,34,35,39). The molecule has 0 radical (unpaired) electrons. The fourth-order valence-corrected chi connectivity index (χ4v) is 7.17. The van der Waals surface area contributed by atoms with Gasteiger partial charge in [-0.05, 0) is 93.0 Å². The number of aryl methyl sites for hydroxylation is 2. The lowest BCUT2D eigenvalue weighted by Gasteiger charge is -2.36. The van der Waals surface area contributed by atoms with E-state index >= 15 is 0 Å². The van der Waals surface area contributed by atoms with Gasteiger partial charge in [0.2, 0.25) is 10.0 Å². The van der Waals surface area contributed by atoms with Crippen molar-refractivity contribution in [2.45, 2.75) is 64.0 Å². The molecule has 0 saturated carbocycles. The first-order chi connectivity index (χ1) is 20.3. The third-order valence-electron chi connectivity index (χ3n) is 8.75. The molecule has 43 heavy (non-hydrogen) atoms. The number of carbonyl (C=O) groups is 2. The number of piperidine rings is 2. The van der Waals surface area contributed by atoms with E-state index in [9.17, 15) is 23.1 Å². The Bertz CT molecular complexity index is 1630. The molecule has 1 spiro atoms. The monoisotopic (exact) mass is 603 g/mol. The highest BCUT2D eigenvalue weighted by Crippen LogP contribution is 2.33. The van der Waals surface area contributed by atoms with Gasteiger partial charge < -0.3 is 15.3 Å². The van der Waals surface area contributed by atoms with E-state index < -0.39 is 21.2 Å². The van der Waals surface area contributed by atoms with Gasteiger partial charge in [0.05, 0.1) is 18.1 Å². The second kappa shape index (κ2) is 11.7. The largest absolute Gasteiger partial charge is 0.390 e. The summed E-state index contributed by atoms with van der Waals surface area (Å²) in [5, 5.41) is 23.2. The van der Waals surface area contributed by atoms with Crippen LogP contribution in [0.4, 0.5) is 0 Å². The molecule has 2 fully saturated rings. The van der Waals surface area contributed by atoms with Crippen molar-refractivity contribution in [3.63, 3.8) is 0 Å². The van der Waals surface area contributed by atoms with Gasteiger partial charge in [-0.3, -0.25) is 14.6 Å². The van der Waals surface area contributed by atoms with Gasteiger partial charge in [0.15, 0.2) is 0 Å². The number of hydrogen-bond donors (Lipinski definition) is 2. The van der Waals surface area contributed by atoms with Crippen LogP contribution in [0.3, 0.4) is 0 Å². The first-order valence-electron chi connectivity index (χ1n) is 14.5. The Hall–Kier alpha value is -3.85. The van der Waals surface area contributed by atoms with Gasteiger partial charge in [0.1, 0.15) is 11.4 Å². The van der Waals surface area contributed by atoms with Crippen molar-refractivity contribution in [3.8, 4) is 6.07 Å². The summed E-state index contributed by atoms with van der Waals surface area (Å²) < 4.78 is 27.9. The van der Waals surface area contributed by atoms with Crippen LogP contribution in [0.1, 0.15) is 70.8 Å². The number of hydrogen-bond acceptors (Lipinski definition) is 7. The molecule has 11 heteroatoms. The summed E-state index contributed by atoms with van der Waals surface area (Å²) in [5.74, 6) is 0.112. The van der Waals surface area contributed by atoms with Gasteiger partial charge in [-0.15, -0.1) is 0 Å². The lowest BCUT2D eigenvalue weighted by atomic mass is 9.89. The van der Waals surface area contributed by atoms with Crippen molar-refractivity contribution in [2.75, 3.05) is 26.2 Å². The van der Waals surface area contributed by atoms with Crippen LogP contribution in [0.25, 0.3) is 6.08 Å². The van der Waals surface area contributed by atoms with Gasteiger partial charge in [-0.25, -0.2) is 8.42 Å². The van der Waals surface area contributed by atoms with Crippen LogP contribution in [0.15, 0.2) is 46.8 Å². The summed E-state index contributed by atoms with van der Waals surface area (Å²) in [6.45, 7) is 6.78. The molecule has 2 aromatic carbocycles. The van der Waals surface area contributed by atoms with Crippen molar-refractivity contribution in [1.29, 1.82) is 5.26 Å². The van der Waals surface area contributed by atoms with E-state index in [4.69, 9.17) is 10.3 Å². The summed E-state index contributed by atoms with van der Waals surface area (Å²) in [6, 6.07) is 13.0. The first-order valence-corrected chi connectivity index (χ1v) is 16.0. The fourth-order valence-electron chi connectivity index (χ4n) is 6.00. The quantitative estimate of drug-likeness (QED) is 0.520. The number of amidine groups is 1. The molecule has 3 aliphatic heterocycles. The smallest absolute Gasteiger partial charge is 0.253 e. The average Bonchev–Trinajstić information content (AvgIpc) is 3.27. The predicted molar refractivity (Wildman–Crippen MR) is 164 cm³/mol. The van der Waals surface area contributed by atoms with Crippen molar-refractivity contribution in [3.05, 3.63) is 75.2 Å². The minimum absolute atomic E-state index is 0.0938. The fraction of sp³-hybridized carbons (Fsp3) is 0.438. The van der Waals surface area contributed by atoms with Crippen molar-refractivity contribution < 1.29 is 23.1 Å². The number of nitrogens with one attached hydrogen (secondary N) is 1. The number of nitrogens with zero attached hydrogens (tertiary/aromatic N) is 4. The maximum Gasteiger partial charge on any atom is 0.253 e. The summed E-state index contributed by atoms with van der Waals surface area (Å²) in [7, 11) is -3.77. The summed E-state index contributed by atoms with van der Waals surface area (Å²) >= 11 is 0. The number of benzene rings is 2. The van der Waals surface area contributed by atoms with Crippen LogP contribution in [0, 0.1) is 25.2 Å². The Morgan fingerprint density at radius 1 is 1.09 bits per heavy atom. The van der Waals surface area contributed by atoms with Gasteiger partial charge >= 0.3 is 0 Å². The third-order valence-corrected chi connectivity index (χ3v) is 10.3. The van der Waals surface area contributed by atoms with Crippen LogP contribution >= 0.6 is 0 Å². The second-order valence-electron chi connectivity index (χ2n) is 12.0. The Morgan fingerprint density at radius 3 is 2.37 bits per heavy atom. The molecule has 0 aromatic heterocycles. The molecule has 3 aliphatic rings. The molecule has 0 unspecified atom stereocenters. The topological polar surface area (TPSA) is 143 Å². The first kappa shape index (κ1) is 30.6. The van der Waals surface area contributed by atoms with Crippen LogP contribution in [0.2, 0.25) is 0 Å². The Labute approximate surface area is 252 Å². The zero-order valence-corrected chi connectivity index (χ0v) is 25.6. The highest BCUT2D eigenvalue weighted by molar-refractivity contribution is 7.92. The summed E-state index contributed by atoms with van der Waals surface area (Å²) in [6.07, 6.45) is 3.40.